The van der Waals surface area contributed by atoms with E-state index in [1.807, 2.05) is 12.1 Å². The molecule has 0 aliphatic heterocycles. The summed E-state index contributed by atoms with van der Waals surface area (Å²) in [5, 5.41) is 7.08. The van der Waals surface area contributed by atoms with Crippen LogP contribution >= 0.6 is 0 Å². The molecular weight excluding hydrogens is 462 g/mol. The summed E-state index contributed by atoms with van der Waals surface area (Å²) in [7, 11) is -3.35. The molecule has 0 spiro atoms. The highest BCUT2D eigenvalue weighted by atomic mass is 32.2. The summed E-state index contributed by atoms with van der Waals surface area (Å²) >= 11 is 0. The maximum Gasteiger partial charge on any atom is 0.189 e. The lowest BCUT2D eigenvalue weighted by molar-refractivity contribution is 0.434. The van der Waals surface area contributed by atoms with Crippen molar-refractivity contribution in [3.63, 3.8) is 0 Å². The quantitative estimate of drug-likeness (QED) is 0.363. The van der Waals surface area contributed by atoms with Gasteiger partial charge in [0, 0.05) is 29.8 Å². The van der Waals surface area contributed by atoms with Crippen LogP contribution in [-0.2, 0) is 16.4 Å². The average molecular weight is 492 g/mol. The number of nitrogens with one attached hydrogen (secondary N) is 1. The fourth-order valence-electron chi connectivity index (χ4n) is 3.44. The van der Waals surface area contributed by atoms with E-state index in [9.17, 15) is 8.42 Å². The van der Waals surface area contributed by atoms with E-state index in [2.05, 4.69) is 46.4 Å². The third kappa shape index (κ3) is 5.41. The van der Waals surface area contributed by atoms with Crippen LogP contribution in [0, 0.1) is 0 Å². The number of nitrogens with zero attached hydrogens (tertiary/aromatic N) is 3. The third-order valence-corrected chi connectivity index (χ3v) is 7.78. The third-order valence-electron chi connectivity index (χ3n) is 5.61. The van der Waals surface area contributed by atoms with Crippen molar-refractivity contribution in [2.24, 2.45) is 0 Å². The van der Waals surface area contributed by atoms with Crippen LogP contribution in [0.4, 0.5) is 5.82 Å². The van der Waals surface area contributed by atoms with Gasteiger partial charge in [0.15, 0.2) is 27.1 Å². The molecule has 0 aliphatic carbocycles. The Kier molecular flexibility index (Phi) is 7.00. The summed E-state index contributed by atoms with van der Waals surface area (Å²) in [6, 6.07) is 16.9. The van der Waals surface area contributed by atoms with Gasteiger partial charge in [-0.05, 0) is 31.5 Å². The van der Waals surface area contributed by atoms with Gasteiger partial charge in [0.2, 0.25) is 0 Å². The molecule has 0 atom stereocenters. The molecule has 0 aliphatic rings. The Labute approximate surface area is 205 Å². The van der Waals surface area contributed by atoms with E-state index >= 15 is 0 Å². The highest BCUT2D eigenvalue weighted by Crippen LogP contribution is 2.30. The number of nitrogen functional groups attached to an aromatic ring is 1. The smallest absolute Gasteiger partial charge is 0.189 e. The zero-order valence-corrected chi connectivity index (χ0v) is 21.0. The van der Waals surface area contributed by atoms with Gasteiger partial charge in [-0.1, -0.05) is 55.4 Å². The van der Waals surface area contributed by atoms with Crippen LogP contribution in [0.3, 0.4) is 0 Å². The highest BCUT2D eigenvalue weighted by Gasteiger charge is 2.20. The fourth-order valence-corrected chi connectivity index (χ4v) is 4.50. The zero-order chi connectivity index (χ0) is 25.2. The zero-order valence-electron chi connectivity index (χ0n) is 20.2. The summed E-state index contributed by atoms with van der Waals surface area (Å²) in [5.74, 6) is 0.613. The van der Waals surface area contributed by atoms with Crippen molar-refractivity contribution in [1.82, 2.24) is 20.4 Å². The van der Waals surface area contributed by atoms with E-state index in [1.165, 1.54) is 5.56 Å². The van der Waals surface area contributed by atoms with E-state index in [0.29, 0.717) is 34.4 Å². The lowest BCUT2D eigenvalue weighted by atomic mass is 10.1. The minimum absolute atomic E-state index is 0.213. The monoisotopic (exact) mass is 491 g/mol. The summed E-state index contributed by atoms with van der Waals surface area (Å²) in [5.41, 5.74) is 10.5. The molecule has 3 N–H and O–H groups in total. The Hall–Kier alpha value is -3.56. The lowest BCUT2D eigenvalue weighted by Gasteiger charge is -2.09. The summed E-state index contributed by atoms with van der Waals surface area (Å²) < 4.78 is 30.3. The molecule has 2 aromatic heterocycles. The Balaban J connectivity index is 1.58. The standard InChI is InChI=1S/C26H29N5O3S/c1-16(2)28-14-18-5-7-19(8-6-18)22-13-24(34-31-22)25-26(27)29-15-23(30-25)20-9-11-21(12-10-20)35(32,33)17(3)4/h5-13,15-17,28H,14H2,1-4H3,(H2,27,29). The van der Waals surface area contributed by atoms with Gasteiger partial charge >= 0.3 is 0 Å². The molecule has 182 valence electrons. The van der Waals surface area contributed by atoms with Crippen molar-refractivity contribution in [3.05, 3.63) is 66.4 Å². The first-order valence-electron chi connectivity index (χ1n) is 11.4. The average Bonchev–Trinajstić information content (AvgIpc) is 3.33. The van der Waals surface area contributed by atoms with E-state index < -0.39 is 15.1 Å². The van der Waals surface area contributed by atoms with E-state index in [1.54, 1.807) is 50.4 Å². The van der Waals surface area contributed by atoms with Crippen molar-refractivity contribution in [2.45, 2.75) is 50.4 Å². The topological polar surface area (TPSA) is 124 Å². The van der Waals surface area contributed by atoms with Crippen molar-refractivity contribution in [2.75, 3.05) is 5.73 Å². The number of sulfone groups is 1. The first-order chi connectivity index (χ1) is 16.6. The maximum absolute atomic E-state index is 12.4. The molecule has 4 rings (SSSR count). The number of aromatic nitrogens is 3. The minimum atomic E-state index is -3.35. The van der Waals surface area contributed by atoms with Gasteiger partial charge in [-0.3, -0.25) is 0 Å². The van der Waals surface area contributed by atoms with Gasteiger partial charge in [0.1, 0.15) is 5.69 Å². The van der Waals surface area contributed by atoms with Crippen molar-refractivity contribution >= 4 is 15.7 Å². The number of benzene rings is 2. The number of anilines is 1. The number of hydrogen-bond donors (Lipinski definition) is 2. The molecule has 0 saturated carbocycles. The minimum Gasteiger partial charge on any atom is -0.382 e. The van der Waals surface area contributed by atoms with Crippen LogP contribution in [0.15, 0.2) is 70.2 Å². The van der Waals surface area contributed by atoms with Gasteiger partial charge < -0.3 is 15.6 Å². The molecule has 0 saturated heterocycles. The molecule has 0 bridgehead atoms. The summed E-state index contributed by atoms with van der Waals surface area (Å²) in [6.45, 7) is 8.34. The summed E-state index contributed by atoms with van der Waals surface area (Å²) in [6.07, 6.45) is 1.55. The van der Waals surface area contributed by atoms with E-state index in [0.717, 1.165) is 12.1 Å². The Morgan fingerprint density at radius 2 is 1.57 bits per heavy atom. The number of nitrogens with two attached hydrogens (primary N) is 1. The van der Waals surface area contributed by atoms with Crippen LogP contribution < -0.4 is 11.1 Å². The molecule has 0 radical (unpaired) electrons. The Morgan fingerprint density at radius 1 is 0.943 bits per heavy atom. The molecule has 0 unspecified atom stereocenters. The second-order valence-corrected chi connectivity index (χ2v) is 11.4. The second-order valence-electron chi connectivity index (χ2n) is 8.92. The van der Waals surface area contributed by atoms with Crippen LogP contribution in [0.5, 0.6) is 0 Å². The van der Waals surface area contributed by atoms with Crippen LogP contribution in [0.25, 0.3) is 34.0 Å². The van der Waals surface area contributed by atoms with Gasteiger partial charge in [-0.2, -0.15) is 0 Å². The van der Waals surface area contributed by atoms with Gasteiger partial charge in [0.05, 0.1) is 22.0 Å². The molecule has 9 heteroatoms. The number of rotatable bonds is 8. The lowest BCUT2D eigenvalue weighted by Crippen LogP contribution is -2.21. The van der Waals surface area contributed by atoms with E-state index in [4.69, 9.17) is 10.3 Å². The van der Waals surface area contributed by atoms with Gasteiger partial charge in [0.25, 0.3) is 0 Å². The number of hydrogen-bond acceptors (Lipinski definition) is 8. The highest BCUT2D eigenvalue weighted by molar-refractivity contribution is 7.92. The van der Waals surface area contributed by atoms with Crippen LogP contribution in [0.2, 0.25) is 0 Å². The normalized spacial score (nSPS) is 11.9. The first-order valence-corrected chi connectivity index (χ1v) is 13.0. The van der Waals surface area contributed by atoms with E-state index in [-0.39, 0.29) is 10.7 Å². The first kappa shape index (κ1) is 24.6. The Morgan fingerprint density at radius 3 is 2.20 bits per heavy atom. The molecule has 2 aromatic carbocycles. The van der Waals surface area contributed by atoms with Crippen LogP contribution in [0.1, 0.15) is 33.3 Å². The van der Waals surface area contributed by atoms with Crippen LogP contribution in [-0.4, -0.2) is 34.8 Å². The van der Waals surface area contributed by atoms with Crippen molar-refractivity contribution in [3.8, 4) is 34.0 Å². The molecule has 2 heterocycles. The van der Waals surface area contributed by atoms with Crippen molar-refractivity contribution < 1.29 is 12.9 Å². The second kappa shape index (κ2) is 9.97. The van der Waals surface area contributed by atoms with Gasteiger partial charge in [-0.25, -0.2) is 18.4 Å². The molecule has 0 fully saturated rings. The predicted molar refractivity (Wildman–Crippen MR) is 137 cm³/mol. The predicted octanol–water partition coefficient (Wildman–Crippen LogP) is 4.73. The SMILES string of the molecule is CC(C)NCc1ccc(-c2cc(-c3nc(-c4ccc(S(=O)(=O)C(C)C)cc4)cnc3N)on2)cc1. The molecule has 4 aromatic rings. The Bertz CT molecular complexity index is 1410. The maximum atomic E-state index is 12.4. The van der Waals surface area contributed by atoms with Crippen molar-refractivity contribution in [1.29, 1.82) is 0 Å². The molecule has 35 heavy (non-hydrogen) atoms. The molecule has 8 nitrogen and oxygen atoms in total. The molecular formula is C26H29N5O3S. The van der Waals surface area contributed by atoms with Gasteiger partial charge in [-0.15, -0.1) is 0 Å². The largest absolute Gasteiger partial charge is 0.382 e. The fraction of sp³-hybridized carbons (Fsp3) is 0.269. The molecule has 0 amide bonds. The summed E-state index contributed by atoms with van der Waals surface area (Å²) in [4.78, 5) is 9.15.